The molecule has 12 heavy (non-hydrogen) atoms. The lowest BCUT2D eigenvalue weighted by Crippen LogP contribution is -2.01. The summed E-state index contributed by atoms with van der Waals surface area (Å²) in [6, 6.07) is 4.45. The molecule has 0 radical (unpaired) electrons. The molecule has 0 saturated heterocycles. The lowest BCUT2D eigenvalue weighted by Gasteiger charge is -2.20. The zero-order chi connectivity index (χ0) is 8.55. The second kappa shape index (κ2) is 3.02. The Labute approximate surface area is 77.3 Å². The summed E-state index contributed by atoms with van der Waals surface area (Å²) in [5.74, 6) is 1.11. The van der Waals surface area contributed by atoms with Gasteiger partial charge in [0.05, 0.1) is 12.0 Å². The van der Waals surface area contributed by atoms with Gasteiger partial charge in [-0.2, -0.15) is 0 Å². The molecule has 0 saturated carbocycles. The highest BCUT2D eigenvalue weighted by Crippen LogP contribution is 2.39. The van der Waals surface area contributed by atoms with Crippen molar-refractivity contribution in [2.45, 2.75) is 31.6 Å². The third-order valence-corrected chi connectivity index (χ3v) is 2.88. The van der Waals surface area contributed by atoms with Crippen molar-refractivity contribution in [1.29, 1.82) is 0 Å². The van der Waals surface area contributed by atoms with Crippen LogP contribution in [0.15, 0.2) is 17.0 Å². The number of hydrogen-bond acceptors (Lipinski definition) is 2. The van der Waals surface area contributed by atoms with Crippen LogP contribution >= 0.6 is 12.0 Å². The second-order valence-corrected chi connectivity index (χ2v) is 3.75. The SMILES string of the molecule is CCc1cc2cc(CC)c1OS2. The van der Waals surface area contributed by atoms with Crippen LogP contribution in [0, 0.1) is 0 Å². The summed E-state index contributed by atoms with van der Waals surface area (Å²) in [6.45, 7) is 4.34. The maximum absolute atomic E-state index is 5.54. The van der Waals surface area contributed by atoms with Gasteiger partial charge in [0.15, 0.2) is 0 Å². The third kappa shape index (κ3) is 1.11. The average Bonchev–Trinajstić information content (AvgIpc) is 2.18. The molecule has 64 valence electrons. The Morgan fingerprint density at radius 2 is 1.75 bits per heavy atom. The van der Waals surface area contributed by atoms with Crippen LogP contribution in [0.4, 0.5) is 0 Å². The summed E-state index contributed by atoms with van der Waals surface area (Å²) < 4.78 is 5.54. The van der Waals surface area contributed by atoms with Crippen LogP contribution in [0.3, 0.4) is 0 Å². The van der Waals surface area contributed by atoms with Crippen LogP contribution in [-0.4, -0.2) is 0 Å². The summed E-state index contributed by atoms with van der Waals surface area (Å²) in [7, 11) is 0. The second-order valence-electron chi connectivity index (χ2n) is 2.94. The highest BCUT2D eigenvalue weighted by Gasteiger charge is 2.17. The van der Waals surface area contributed by atoms with Crippen LogP contribution in [0.1, 0.15) is 25.0 Å². The molecular weight excluding hydrogens is 168 g/mol. The highest BCUT2D eigenvalue weighted by molar-refractivity contribution is 7.95. The molecule has 0 unspecified atom stereocenters. The molecule has 0 aromatic heterocycles. The molecule has 0 N–H and O–H groups in total. The predicted octanol–water partition coefficient (Wildman–Crippen LogP) is 3.21. The summed E-state index contributed by atoms with van der Waals surface area (Å²) in [6.07, 6.45) is 2.13. The summed E-state index contributed by atoms with van der Waals surface area (Å²) >= 11 is 1.48. The maximum Gasteiger partial charge on any atom is 0.144 e. The fourth-order valence-electron chi connectivity index (χ4n) is 1.49. The van der Waals surface area contributed by atoms with Gasteiger partial charge in [0.25, 0.3) is 0 Å². The van der Waals surface area contributed by atoms with E-state index in [-0.39, 0.29) is 0 Å². The minimum atomic E-state index is 1.07. The lowest BCUT2D eigenvalue weighted by atomic mass is 10.0. The van der Waals surface area contributed by atoms with E-state index in [1.807, 2.05) is 0 Å². The van der Waals surface area contributed by atoms with Gasteiger partial charge < -0.3 is 4.18 Å². The lowest BCUT2D eigenvalue weighted by molar-refractivity contribution is 0.610. The van der Waals surface area contributed by atoms with Crippen molar-refractivity contribution in [1.82, 2.24) is 0 Å². The molecule has 2 bridgehead atoms. The van der Waals surface area contributed by atoms with Crippen LogP contribution in [0.25, 0.3) is 0 Å². The standard InChI is InChI=1S/C10H12OS/c1-3-7-5-9-6-8(4-2)10(7)11-12-9/h5-6H,3-4H2,1-2H3. The van der Waals surface area contributed by atoms with E-state index >= 15 is 0 Å². The third-order valence-electron chi connectivity index (χ3n) is 2.20. The maximum atomic E-state index is 5.54. The first-order valence-electron chi connectivity index (χ1n) is 4.35. The van der Waals surface area contributed by atoms with Gasteiger partial charge in [0.1, 0.15) is 5.75 Å². The van der Waals surface area contributed by atoms with Crippen molar-refractivity contribution in [3.8, 4) is 5.75 Å². The molecule has 2 aliphatic heterocycles. The molecule has 1 nitrogen and oxygen atoms in total. The zero-order valence-corrected chi connectivity index (χ0v) is 8.20. The Bertz CT molecular complexity index is 282. The smallest absolute Gasteiger partial charge is 0.144 e. The Balaban J connectivity index is 2.55. The van der Waals surface area contributed by atoms with Crippen LogP contribution in [-0.2, 0) is 12.8 Å². The van der Waals surface area contributed by atoms with E-state index in [2.05, 4.69) is 26.0 Å². The monoisotopic (exact) mass is 180 g/mol. The molecule has 1 aromatic carbocycles. The van der Waals surface area contributed by atoms with Crippen molar-refractivity contribution >= 4 is 12.0 Å². The predicted molar refractivity (Wildman–Crippen MR) is 51.7 cm³/mol. The first-order valence-corrected chi connectivity index (χ1v) is 5.09. The minimum absolute atomic E-state index is 1.07. The Morgan fingerprint density at radius 3 is 2.17 bits per heavy atom. The first kappa shape index (κ1) is 7.99. The zero-order valence-electron chi connectivity index (χ0n) is 7.39. The van der Waals surface area contributed by atoms with Crippen molar-refractivity contribution in [2.75, 3.05) is 0 Å². The van der Waals surface area contributed by atoms with Crippen LogP contribution in [0.5, 0.6) is 5.75 Å². The van der Waals surface area contributed by atoms with E-state index in [0.717, 1.165) is 18.6 Å². The van der Waals surface area contributed by atoms with Gasteiger partial charge in [-0.1, -0.05) is 13.8 Å². The van der Waals surface area contributed by atoms with Gasteiger partial charge >= 0.3 is 0 Å². The van der Waals surface area contributed by atoms with Gasteiger partial charge in [0.2, 0.25) is 0 Å². The molecule has 0 fully saturated rings. The van der Waals surface area contributed by atoms with Gasteiger partial charge in [0, 0.05) is 4.90 Å². The first-order chi connectivity index (χ1) is 5.85. The van der Waals surface area contributed by atoms with Crippen molar-refractivity contribution in [3.05, 3.63) is 23.3 Å². The molecule has 0 spiro atoms. The molecule has 0 aliphatic carbocycles. The van der Waals surface area contributed by atoms with Crippen molar-refractivity contribution in [2.24, 2.45) is 0 Å². The van der Waals surface area contributed by atoms with E-state index in [1.165, 1.54) is 28.1 Å². The fraction of sp³-hybridized carbons (Fsp3) is 0.400. The number of fused-ring (bicyclic) bond motifs is 3. The topological polar surface area (TPSA) is 9.23 Å². The van der Waals surface area contributed by atoms with Gasteiger partial charge in [-0.05, 0) is 36.1 Å². The van der Waals surface area contributed by atoms with Crippen LogP contribution < -0.4 is 4.18 Å². The van der Waals surface area contributed by atoms with Gasteiger partial charge in [-0.3, -0.25) is 0 Å². The molecule has 1 aromatic rings. The van der Waals surface area contributed by atoms with Crippen LogP contribution in [0.2, 0.25) is 0 Å². The number of aryl methyl sites for hydroxylation is 2. The molecule has 0 amide bonds. The normalized spacial score (nSPS) is 13.2. The quantitative estimate of drug-likeness (QED) is 0.646. The molecule has 0 atom stereocenters. The molecular formula is C10H12OS. The number of benzene rings is 1. The largest absolute Gasteiger partial charge is 0.420 e. The summed E-state index contributed by atoms with van der Waals surface area (Å²) in [4.78, 5) is 1.25. The molecule has 3 rings (SSSR count). The van der Waals surface area contributed by atoms with E-state index in [0.29, 0.717) is 0 Å². The molecule has 2 aliphatic rings. The average molecular weight is 180 g/mol. The van der Waals surface area contributed by atoms with E-state index in [4.69, 9.17) is 4.18 Å². The summed E-state index contributed by atoms with van der Waals surface area (Å²) in [5, 5.41) is 0. The minimum Gasteiger partial charge on any atom is -0.420 e. The molecule has 2 heteroatoms. The Kier molecular flexibility index (Phi) is 2.01. The highest BCUT2D eigenvalue weighted by atomic mass is 32.2. The van der Waals surface area contributed by atoms with E-state index in [9.17, 15) is 0 Å². The van der Waals surface area contributed by atoms with Crippen molar-refractivity contribution in [3.63, 3.8) is 0 Å². The van der Waals surface area contributed by atoms with E-state index < -0.39 is 0 Å². The van der Waals surface area contributed by atoms with Crippen molar-refractivity contribution < 1.29 is 4.18 Å². The summed E-state index contributed by atoms with van der Waals surface area (Å²) in [5.41, 5.74) is 2.70. The fourth-order valence-corrected chi connectivity index (χ4v) is 2.27. The van der Waals surface area contributed by atoms with Gasteiger partial charge in [-0.15, -0.1) is 0 Å². The number of rotatable bonds is 2. The number of hydrogen-bond donors (Lipinski definition) is 0. The Morgan fingerprint density at radius 1 is 1.17 bits per heavy atom. The van der Waals surface area contributed by atoms with Gasteiger partial charge in [-0.25, -0.2) is 0 Å². The molecule has 2 heterocycles. The van der Waals surface area contributed by atoms with E-state index in [1.54, 1.807) is 0 Å². The Hall–Kier alpha value is -0.630.